The van der Waals surface area contributed by atoms with Crippen molar-refractivity contribution in [3.05, 3.63) is 23.8 Å². The van der Waals surface area contributed by atoms with Gasteiger partial charge in [0, 0.05) is 11.6 Å². The molecule has 1 amide bonds. The van der Waals surface area contributed by atoms with Gasteiger partial charge in [0.1, 0.15) is 11.5 Å². The fourth-order valence-electron chi connectivity index (χ4n) is 3.42. The van der Waals surface area contributed by atoms with Crippen molar-refractivity contribution >= 4 is 28.9 Å². The molecule has 0 spiro atoms. The Morgan fingerprint density at radius 1 is 1.04 bits per heavy atom. The lowest BCUT2D eigenvalue weighted by atomic mass is 10.1. The van der Waals surface area contributed by atoms with E-state index in [4.69, 9.17) is 7.80 Å². The molecule has 2 N–H and O–H groups in total. The van der Waals surface area contributed by atoms with Gasteiger partial charge in [0.25, 0.3) is 5.91 Å². The molecule has 6 heteroatoms. The summed E-state index contributed by atoms with van der Waals surface area (Å²) < 4.78 is 11.5. The second-order valence-corrected chi connectivity index (χ2v) is 7.06. The Morgan fingerprint density at radius 2 is 1.79 bits per heavy atom. The molecule has 1 aliphatic heterocycles. The van der Waals surface area contributed by atoms with Crippen LogP contribution in [0.25, 0.3) is 0 Å². The van der Waals surface area contributed by atoms with Crippen molar-refractivity contribution in [2.45, 2.75) is 63.6 Å². The predicted molar refractivity (Wildman–Crippen MR) is 102 cm³/mol. The molecule has 1 aromatic carbocycles. The Kier molecular flexibility index (Phi) is 6.59. The molecule has 3 rings (SSSR count). The fourth-order valence-corrected chi connectivity index (χ4v) is 3.67. The molecule has 1 aromatic rings. The number of rotatable bonds is 5. The molecule has 1 saturated carbocycles. The monoisotopic (exact) mass is 444 g/mol. The minimum atomic E-state index is -0.0876. The summed E-state index contributed by atoms with van der Waals surface area (Å²) in [6.45, 7) is 0.956. The van der Waals surface area contributed by atoms with Gasteiger partial charge >= 0.3 is 0 Å². The molecule has 5 nitrogen and oxygen atoms in total. The van der Waals surface area contributed by atoms with Crippen LogP contribution >= 0.6 is 23.0 Å². The average molecular weight is 444 g/mol. The highest BCUT2D eigenvalue weighted by Gasteiger charge is 2.19. The second kappa shape index (κ2) is 8.89. The topological polar surface area (TPSA) is 59.6 Å². The predicted octanol–water partition coefficient (Wildman–Crippen LogP) is 3.96. The third kappa shape index (κ3) is 4.99. The molecular weight excluding hydrogens is 419 g/mol. The molecule has 0 aromatic heterocycles. The van der Waals surface area contributed by atoms with Crippen LogP contribution in [0.2, 0.25) is 0 Å². The molecule has 1 atom stereocenters. The summed E-state index contributed by atoms with van der Waals surface area (Å²) in [5.41, 5.74) is 0.585. The van der Waals surface area contributed by atoms with Gasteiger partial charge in [-0.05, 0) is 57.2 Å². The van der Waals surface area contributed by atoms with Crippen LogP contribution in [0.4, 0.5) is 0 Å². The van der Waals surface area contributed by atoms with E-state index in [1.165, 1.54) is 25.7 Å². The zero-order chi connectivity index (χ0) is 16.8. The van der Waals surface area contributed by atoms with Gasteiger partial charge in [0.2, 0.25) is 0 Å². The largest absolute Gasteiger partial charge is 0.490 e. The Morgan fingerprint density at radius 3 is 2.46 bits per heavy atom. The Labute approximate surface area is 157 Å². The van der Waals surface area contributed by atoms with Crippen molar-refractivity contribution in [2.24, 2.45) is 0 Å². The average Bonchev–Trinajstić information content (AvgIpc) is 2.97. The summed E-state index contributed by atoms with van der Waals surface area (Å²) in [5.74, 6) is 1.28. The van der Waals surface area contributed by atoms with Crippen LogP contribution in [0.3, 0.4) is 0 Å². The van der Waals surface area contributed by atoms with Crippen LogP contribution in [0, 0.1) is 0 Å². The van der Waals surface area contributed by atoms with Gasteiger partial charge in [0.15, 0.2) is 23.0 Å². The summed E-state index contributed by atoms with van der Waals surface area (Å²) in [6.07, 6.45) is 9.56. The summed E-state index contributed by atoms with van der Waals surface area (Å²) in [7, 11) is 0. The molecule has 2 fully saturated rings. The molecule has 1 heterocycles. The first-order chi connectivity index (χ1) is 11.7. The number of hydrogen-bond acceptors (Lipinski definition) is 4. The molecule has 0 bridgehead atoms. The molecule has 2 aliphatic rings. The standard InChI is InChI=1S/C18H25IN2O3/c19-24-16-11-13(18(22)21-17-8-5-9-20-17)10-15(12-16)23-14-6-3-1-2-4-7-14/h10-12,14,17,20H,1-9H2,(H,21,22). The number of nitrogens with one attached hydrogen (secondary N) is 2. The lowest BCUT2D eigenvalue weighted by molar-refractivity contribution is 0.0932. The molecule has 1 aliphatic carbocycles. The zero-order valence-corrected chi connectivity index (χ0v) is 16.0. The summed E-state index contributed by atoms with van der Waals surface area (Å²) in [6, 6.07) is 5.45. The smallest absolute Gasteiger partial charge is 0.252 e. The van der Waals surface area contributed by atoms with Crippen molar-refractivity contribution in [1.29, 1.82) is 0 Å². The van der Waals surface area contributed by atoms with Crippen molar-refractivity contribution in [3.8, 4) is 11.5 Å². The molecule has 1 saturated heterocycles. The van der Waals surface area contributed by atoms with E-state index in [2.05, 4.69) is 10.6 Å². The van der Waals surface area contributed by atoms with Crippen LogP contribution in [0.15, 0.2) is 18.2 Å². The van der Waals surface area contributed by atoms with Gasteiger partial charge < -0.3 is 13.1 Å². The molecule has 132 valence electrons. The number of carbonyl (C=O) groups is 1. The summed E-state index contributed by atoms with van der Waals surface area (Å²) in [4.78, 5) is 12.5. The van der Waals surface area contributed by atoms with Gasteiger partial charge in [-0.25, -0.2) is 0 Å². The van der Waals surface area contributed by atoms with Gasteiger partial charge in [-0.2, -0.15) is 0 Å². The fraction of sp³-hybridized carbons (Fsp3) is 0.611. The Bertz CT molecular complexity index is 553. The van der Waals surface area contributed by atoms with Crippen LogP contribution < -0.4 is 18.4 Å². The highest BCUT2D eigenvalue weighted by molar-refractivity contribution is 14.1. The molecular formula is C18H25IN2O3. The van der Waals surface area contributed by atoms with E-state index < -0.39 is 0 Å². The van der Waals surface area contributed by atoms with Crippen molar-refractivity contribution < 1.29 is 12.6 Å². The number of halogens is 1. The first-order valence-electron chi connectivity index (χ1n) is 8.89. The highest BCUT2D eigenvalue weighted by Crippen LogP contribution is 2.28. The number of benzene rings is 1. The maximum absolute atomic E-state index is 12.5. The van der Waals surface area contributed by atoms with Crippen molar-refractivity contribution in [1.82, 2.24) is 10.6 Å². The van der Waals surface area contributed by atoms with Gasteiger partial charge in [-0.1, -0.05) is 12.8 Å². The summed E-state index contributed by atoms with van der Waals surface area (Å²) in [5, 5.41) is 6.30. The third-order valence-corrected chi connectivity index (χ3v) is 5.21. The number of hydrogen-bond donors (Lipinski definition) is 2. The SMILES string of the molecule is O=C(NC1CCCN1)c1cc(OI)cc(OC2CCCCCC2)c1. The van der Waals surface area contributed by atoms with E-state index in [9.17, 15) is 4.79 Å². The van der Waals surface area contributed by atoms with Crippen LogP contribution in [-0.4, -0.2) is 24.7 Å². The van der Waals surface area contributed by atoms with Gasteiger partial charge in [0.05, 0.1) is 12.3 Å². The number of carbonyl (C=O) groups excluding carboxylic acids is 1. The first kappa shape index (κ1) is 17.8. The van der Waals surface area contributed by atoms with Gasteiger partial charge in [-0.3, -0.25) is 10.1 Å². The normalized spacial score (nSPS) is 22.0. The minimum Gasteiger partial charge on any atom is -0.490 e. The molecule has 0 radical (unpaired) electrons. The maximum Gasteiger partial charge on any atom is 0.252 e. The molecule has 1 unspecified atom stereocenters. The van der Waals surface area contributed by atoms with E-state index in [1.807, 2.05) is 35.1 Å². The minimum absolute atomic E-state index is 0.0629. The van der Waals surface area contributed by atoms with Crippen molar-refractivity contribution in [2.75, 3.05) is 6.54 Å². The van der Waals surface area contributed by atoms with Crippen LogP contribution in [0.1, 0.15) is 61.7 Å². The maximum atomic E-state index is 12.5. The van der Waals surface area contributed by atoms with Crippen LogP contribution in [0.5, 0.6) is 11.5 Å². The van der Waals surface area contributed by atoms with E-state index in [0.29, 0.717) is 11.3 Å². The number of ether oxygens (including phenoxy) is 1. The zero-order valence-electron chi connectivity index (χ0n) is 13.9. The molecule has 24 heavy (non-hydrogen) atoms. The first-order valence-corrected chi connectivity index (χ1v) is 9.77. The third-order valence-electron chi connectivity index (χ3n) is 4.70. The quantitative estimate of drug-likeness (QED) is 0.534. The van der Waals surface area contributed by atoms with E-state index in [1.54, 1.807) is 6.07 Å². The van der Waals surface area contributed by atoms with E-state index >= 15 is 0 Å². The lowest BCUT2D eigenvalue weighted by Crippen LogP contribution is -2.41. The summed E-state index contributed by atoms with van der Waals surface area (Å²) >= 11 is 1.84. The highest BCUT2D eigenvalue weighted by atomic mass is 127. The van der Waals surface area contributed by atoms with Gasteiger partial charge in [-0.15, -0.1) is 0 Å². The Hall–Kier alpha value is -1.02. The van der Waals surface area contributed by atoms with Crippen LogP contribution in [-0.2, 0) is 0 Å². The second-order valence-electron chi connectivity index (χ2n) is 6.62. The van der Waals surface area contributed by atoms with E-state index in [-0.39, 0.29) is 18.2 Å². The lowest BCUT2D eigenvalue weighted by Gasteiger charge is -2.18. The van der Waals surface area contributed by atoms with Crippen molar-refractivity contribution in [3.63, 3.8) is 0 Å². The van der Waals surface area contributed by atoms with E-state index in [0.717, 1.165) is 38.0 Å². The Balaban J connectivity index is 1.70. The number of amides is 1.